The predicted octanol–water partition coefficient (Wildman–Crippen LogP) is 4.03. The van der Waals surface area contributed by atoms with Gasteiger partial charge in [-0.1, -0.05) is 25.5 Å². The summed E-state index contributed by atoms with van der Waals surface area (Å²) >= 11 is 0. The van der Waals surface area contributed by atoms with E-state index in [0.29, 0.717) is 16.9 Å². The zero-order valence-corrected chi connectivity index (χ0v) is 18.5. The summed E-state index contributed by atoms with van der Waals surface area (Å²) in [6.07, 6.45) is 5.13. The molecule has 2 aromatic heterocycles. The van der Waals surface area contributed by atoms with Crippen molar-refractivity contribution in [2.45, 2.75) is 72.4 Å². The Hall–Kier alpha value is -2.96. The number of fused-ring (bicyclic) bond motifs is 1. The van der Waals surface area contributed by atoms with Crippen LogP contribution in [0.4, 0.5) is 5.69 Å². The minimum Gasteiger partial charge on any atom is -0.326 e. The van der Waals surface area contributed by atoms with E-state index in [0.717, 1.165) is 24.9 Å². The second kappa shape index (κ2) is 8.81. The van der Waals surface area contributed by atoms with Crippen LogP contribution < -0.4 is 10.9 Å². The Balaban J connectivity index is 1.69. The highest BCUT2D eigenvalue weighted by Crippen LogP contribution is 2.18. The number of unbranched alkanes of at least 4 members (excludes halogenated alkanes) is 1. The van der Waals surface area contributed by atoms with Gasteiger partial charge in [-0.15, -0.1) is 0 Å². The van der Waals surface area contributed by atoms with Gasteiger partial charge in [-0.05, 0) is 58.2 Å². The molecule has 2 heterocycles. The molecule has 0 atom stereocenters. The number of amides is 1. The van der Waals surface area contributed by atoms with Crippen LogP contribution in [-0.2, 0) is 23.3 Å². The van der Waals surface area contributed by atoms with Crippen LogP contribution in [0.3, 0.4) is 0 Å². The highest BCUT2D eigenvalue weighted by Gasteiger charge is 2.21. The van der Waals surface area contributed by atoms with Gasteiger partial charge in [-0.25, -0.2) is 9.67 Å². The van der Waals surface area contributed by atoms with Crippen LogP contribution in [0.2, 0.25) is 0 Å². The van der Waals surface area contributed by atoms with Crippen molar-refractivity contribution in [2.24, 2.45) is 0 Å². The first-order chi connectivity index (χ1) is 14.2. The number of carbonyl (C=O) groups excluding carboxylic acids is 1. The van der Waals surface area contributed by atoms with Crippen LogP contribution in [0.1, 0.15) is 58.3 Å². The lowest BCUT2D eigenvalue weighted by Gasteiger charge is -2.20. The quantitative estimate of drug-likeness (QED) is 0.639. The maximum absolute atomic E-state index is 12.9. The number of aryl methyl sites for hydroxylation is 2. The van der Waals surface area contributed by atoms with Crippen molar-refractivity contribution in [1.82, 2.24) is 19.3 Å². The smallest absolute Gasteiger partial charge is 0.264 e. The van der Waals surface area contributed by atoms with Gasteiger partial charge in [0.15, 0.2) is 5.65 Å². The molecule has 30 heavy (non-hydrogen) atoms. The van der Waals surface area contributed by atoms with E-state index >= 15 is 0 Å². The van der Waals surface area contributed by atoms with Crippen LogP contribution in [0, 0.1) is 6.92 Å². The molecule has 0 aliphatic heterocycles. The summed E-state index contributed by atoms with van der Waals surface area (Å²) in [4.78, 5) is 29.9. The SMILES string of the molecule is CCCCc1ccc(NC(=O)CCn2c(C)nc3c(cnn3C(C)(C)C)c2=O)cc1. The largest absolute Gasteiger partial charge is 0.326 e. The molecule has 7 nitrogen and oxygen atoms in total. The fourth-order valence-electron chi connectivity index (χ4n) is 3.43. The molecule has 7 heteroatoms. The monoisotopic (exact) mass is 409 g/mol. The topological polar surface area (TPSA) is 81.8 Å². The third-order valence-corrected chi connectivity index (χ3v) is 5.13. The van der Waals surface area contributed by atoms with Gasteiger partial charge in [0.2, 0.25) is 5.91 Å². The Bertz CT molecular complexity index is 1090. The number of aromatic nitrogens is 4. The van der Waals surface area contributed by atoms with Crippen LogP contribution in [0.15, 0.2) is 35.3 Å². The van der Waals surface area contributed by atoms with Crippen molar-refractivity contribution in [2.75, 3.05) is 5.32 Å². The fourth-order valence-corrected chi connectivity index (χ4v) is 3.43. The molecular formula is C23H31N5O2. The van der Waals surface area contributed by atoms with Gasteiger partial charge in [-0.3, -0.25) is 14.2 Å². The second-order valence-corrected chi connectivity index (χ2v) is 8.68. The minimum atomic E-state index is -0.272. The summed E-state index contributed by atoms with van der Waals surface area (Å²) < 4.78 is 3.31. The number of hydrogen-bond donors (Lipinski definition) is 1. The van der Waals surface area contributed by atoms with Crippen molar-refractivity contribution in [3.8, 4) is 0 Å². The lowest BCUT2D eigenvalue weighted by molar-refractivity contribution is -0.116. The molecule has 0 radical (unpaired) electrons. The summed E-state index contributed by atoms with van der Waals surface area (Å²) in [5, 5.41) is 7.72. The first kappa shape index (κ1) is 21.7. The Morgan fingerprint density at radius 3 is 2.50 bits per heavy atom. The lowest BCUT2D eigenvalue weighted by Crippen LogP contribution is -2.28. The molecule has 1 N–H and O–H groups in total. The molecule has 1 aromatic carbocycles. The van der Waals surface area contributed by atoms with Crippen molar-refractivity contribution >= 4 is 22.6 Å². The molecule has 1 amide bonds. The number of nitrogens with one attached hydrogen (secondary N) is 1. The molecule has 160 valence electrons. The predicted molar refractivity (Wildman–Crippen MR) is 120 cm³/mol. The average Bonchev–Trinajstić information content (AvgIpc) is 3.11. The summed E-state index contributed by atoms with van der Waals surface area (Å²) in [6, 6.07) is 7.94. The van der Waals surface area contributed by atoms with Crippen LogP contribution >= 0.6 is 0 Å². The van der Waals surface area contributed by atoms with Crippen molar-refractivity contribution < 1.29 is 4.79 Å². The molecule has 0 unspecified atom stereocenters. The Labute approximate surface area is 177 Å². The number of carbonyl (C=O) groups is 1. The van der Waals surface area contributed by atoms with E-state index in [9.17, 15) is 9.59 Å². The maximum Gasteiger partial charge on any atom is 0.264 e. The molecule has 0 saturated carbocycles. The van der Waals surface area contributed by atoms with Crippen molar-refractivity contribution in [1.29, 1.82) is 0 Å². The molecule has 0 saturated heterocycles. The van der Waals surface area contributed by atoms with Crippen LogP contribution in [-0.4, -0.2) is 25.2 Å². The molecule has 3 rings (SSSR count). The first-order valence-corrected chi connectivity index (χ1v) is 10.5. The van der Waals surface area contributed by atoms with Crippen molar-refractivity contribution in [3.63, 3.8) is 0 Å². The van der Waals surface area contributed by atoms with E-state index in [2.05, 4.69) is 22.3 Å². The lowest BCUT2D eigenvalue weighted by atomic mass is 10.1. The summed E-state index contributed by atoms with van der Waals surface area (Å²) in [6.45, 7) is 10.3. The molecule has 0 spiro atoms. The van der Waals surface area contributed by atoms with E-state index in [4.69, 9.17) is 0 Å². The number of rotatable bonds is 7. The normalized spacial score (nSPS) is 11.8. The Morgan fingerprint density at radius 1 is 1.17 bits per heavy atom. The molecule has 0 aliphatic carbocycles. The zero-order chi connectivity index (χ0) is 21.9. The van der Waals surface area contributed by atoms with E-state index < -0.39 is 0 Å². The highest BCUT2D eigenvalue weighted by molar-refractivity contribution is 5.90. The van der Waals surface area contributed by atoms with Crippen LogP contribution in [0.25, 0.3) is 11.0 Å². The summed E-state index contributed by atoms with van der Waals surface area (Å²) in [5.74, 6) is 0.444. The third kappa shape index (κ3) is 4.78. The Morgan fingerprint density at radius 2 is 1.87 bits per heavy atom. The molecule has 0 bridgehead atoms. The minimum absolute atomic E-state index is 0.131. The standard InChI is InChI=1S/C23H31N5O2/c1-6-7-8-17-9-11-18(12-10-17)26-20(29)13-14-27-16(2)25-21-19(22(27)30)15-24-28(21)23(3,4)5/h9-12,15H,6-8,13-14H2,1-5H3,(H,26,29). The van der Waals surface area contributed by atoms with Gasteiger partial charge in [0.25, 0.3) is 5.56 Å². The van der Waals surface area contributed by atoms with E-state index in [-0.39, 0.29) is 30.0 Å². The molecule has 3 aromatic rings. The number of benzene rings is 1. The van der Waals surface area contributed by atoms with Crippen molar-refractivity contribution in [3.05, 3.63) is 52.2 Å². The number of hydrogen-bond acceptors (Lipinski definition) is 4. The fraction of sp³-hybridized carbons (Fsp3) is 0.478. The second-order valence-electron chi connectivity index (χ2n) is 8.68. The number of anilines is 1. The maximum atomic E-state index is 12.9. The summed E-state index contributed by atoms with van der Waals surface area (Å²) in [7, 11) is 0. The van der Waals surface area contributed by atoms with Gasteiger partial charge in [0.1, 0.15) is 11.2 Å². The van der Waals surface area contributed by atoms with E-state index in [1.165, 1.54) is 5.56 Å². The van der Waals surface area contributed by atoms with Gasteiger partial charge in [0.05, 0.1) is 11.7 Å². The van der Waals surface area contributed by atoms with Gasteiger partial charge >= 0.3 is 0 Å². The molecular weight excluding hydrogens is 378 g/mol. The van der Waals surface area contributed by atoms with Gasteiger partial charge in [0, 0.05) is 18.7 Å². The first-order valence-electron chi connectivity index (χ1n) is 10.5. The number of nitrogens with zero attached hydrogens (tertiary/aromatic N) is 4. The van der Waals surface area contributed by atoms with E-state index in [1.54, 1.807) is 22.4 Å². The van der Waals surface area contributed by atoms with Gasteiger partial charge < -0.3 is 5.32 Å². The Kier molecular flexibility index (Phi) is 6.39. The third-order valence-electron chi connectivity index (χ3n) is 5.13. The van der Waals surface area contributed by atoms with Gasteiger partial charge in [-0.2, -0.15) is 5.10 Å². The summed E-state index contributed by atoms with van der Waals surface area (Å²) in [5.41, 5.74) is 2.18. The van der Waals surface area contributed by atoms with E-state index in [1.807, 2.05) is 45.0 Å². The highest BCUT2D eigenvalue weighted by atomic mass is 16.2. The molecule has 0 aliphatic rings. The average molecular weight is 410 g/mol. The zero-order valence-electron chi connectivity index (χ0n) is 18.5. The van der Waals surface area contributed by atoms with Crippen LogP contribution in [0.5, 0.6) is 0 Å². The molecule has 0 fully saturated rings.